The molecule has 0 bridgehead atoms. The molecule has 0 aliphatic carbocycles. The number of hydrogen-bond donors (Lipinski definition) is 0. The Bertz CT molecular complexity index is 483. The Morgan fingerprint density at radius 3 is 2.94 bits per heavy atom. The maximum absolute atomic E-state index is 5.91. The average Bonchev–Trinajstić information content (AvgIpc) is 2.66. The van der Waals surface area contributed by atoms with Crippen LogP contribution in [0, 0.1) is 0 Å². The molecule has 1 atom stereocenters. The summed E-state index contributed by atoms with van der Waals surface area (Å²) in [6.07, 6.45) is 5.39. The summed E-state index contributed by atoms with van der Waals surface area (Å²) in [5, 5.41) is 7.87. The lowest BCUT2D eigenvalue weighted by atomic mass is 10.3. The minimum Gasteiger partial charge on any atom is -0.263 e. The zero-order valence-electron chi connectivity index (χ0n) is 8.64. The van der Waals surface area contributed by atoms with Gasteiger partial charge in [0.05, 0.1) is 18.1 Å². The molecule has 0 saturated heterocycles. The number of nitrogens with zero attached hydrogens (tertiary/aromatic N) is 4. The van der Waals surface area contributed by atoms with Crippen LogP contribution in [0.1, 0.15) is 23.6 Å². The lowest BCUT2D eigenvalue weighted by Gasteiger charge is -2.00. The lowest BCUT2D eigenvalue weighted by molar-refractivity contribution is 0.647. The third kappa shape index (κ3) is 2.80. The van der Waals surface area contributed by atoms with Gasteiger partial charge in [-0.1, -0.05) is 5.21 Å². The molecule has 6 heteroatoms. The molecule has 0 aliphatic rings. The quantitative estimate of drug-likeness (QED) is 0.819. The van der Waals surface area contributed by atoms with E-state index >= 15 is 0 Å². The van der Waals surface area contributed by atoms with Gasteiger partial charge in [-0.3, -0.25) is 4.98 Å². The second-order valence-electron chi connectivity index (χ2n) is 3.47. The molecule has 1 unspecified atom stereocenters. The minimum absolute atomic E-state index is 0.116. The van der Waals surface area contributed by atoms with Gasteiger partial charge in [-0.15, -0.1) is 16.7 Å². The molecular formula is C10H10BrClN4. The van der Waals surface area contributed by atoms with E-state index in [1.807, 2.05) is 19.2 Å². The first-order valence-corrected chi connectivity index (χ1v) is 6.01. The van der Waals surface area contributed by atoms with Gasteiger partial charge in [0.1, 0.15) is 5.69 Å². The Balaban J connectivity index is 2.14. The highest BCUT2D eigenvalue weighted by Gasteiger charge is 2.06. The Hall–Kier alpha value is -0.940. The van der Waals surface area contributed by atoms with E-state index in [-0.39, 0.29) is 5.38 Å². The maximum atomic E-state index is 5.91. The van der Waals surface area contributed by atoms with Crippen molar-refractivity contribution in [2.75, 3.05) is 0 Å². The van der Waals surface area contributed by atoms with Crippen molar-refractivity contribution in [3.8, 4) is 0 Å². The summed E-state index contributed by atoms with van der Waals surface area (Å²) in [5.41, 5.74) is 1.85. The fourth-order valence-corrected chi connectivity index (χ4v) is 1.81. The predicted molar refractivity (Wildman–Crippen MR) is 65.3 cm³/mol. The number of alkyl halides is 1. The van der Waals surface area contributed by atoms with Crippen LogP contribution in [-0.2, 0) is 6.54 Å². The molecule has 0 amide bonds. The summed E-state index contributed by atoms with van der Waals surface area (Å²) in [7, 11) is 0. The van der Waals surface area contributed by atoms with Crippen molar-refractivity contribution in [3.05, 3.63) is 40.4 Å². The fraction of sp³-hybridized carbons (Fsp3) is 0.300. The summed E-state index contributed by atoms with van der Waals surface area (Å²) >= 11 is 9.28. The molecule has 0 aliphatic heterocycles. The minimum atomic E-state index is -0.116. The first-order chi connectivity index (χ1) is 7.65. The molecule has 16 heavy (non-hydrogen) atoms. The van der Waals surface area contributed by atoms with Crippen molar-refractivity contribution < 1.29 is 0 Å². The van der Waals surface area contributed by atoms with E-state index in [1.54, 1.807) is 17.1 Å². The van der Waals surface area contributed by atoms with Gasteiger partial charge in [0.25, 0.3) is 0 Å². The number of aromatic nitrogens is 4. The van der Waals surface area contributed by atoms with Gasteiger partial charge in [-0.25, -0.2) is 4.68 Å². The first-order valence-electron chi connectivity index (χ1n) is 4.78. The molecule has 2 aromatic heterocycles. The van der Waals surface area contributed by atoms with Crippen molar-refractivity contribution in [1.82, 2.24) is 20.0 Å². The number of hydrogen-bond acceptors (Lipinski definition) is 3. The van der Waals surface area contributed by atoms with Crippen LogP contribution < -0.4 is 0 Å². The van der Waals surface area contributed by atoms with Gasteiger partial charge in [0.2, 0.25) is 0 Å². The van der Waals surface area contributed by atoms with E-state index in [0.717, 1.165) is 15.7 Å². The third-order valence-electron chi connectivity index (χ3n) is 2.07. The zero-order valence-corrected chi connectivity index (χ0v) is 11.0. The van der Waals surface area contributed by atoms with Crippen LogP contribution in [0.4, 0.5) is 0 Å². The third-order valence-corrected chi connectivity index (χ3v) is 2.73. The largest absolute Gasteiger partial charge is 0.263 e. The van der Waals surface area contributed by atoms with Gasteiger partial charge in [0, 0.05) is 16.9 Å². The molecule has 0 radical (unpaired) electrons. The second-order valence-corrected chi connectivity index (χ2v) is 5.04. The van der Waals surface area contributed by atoms with E-state index in [0.29, 0.717) is 6.54 Å². The Labute approximate surface area is 107 Å². The molecule has 2 aromatic rings. The van der Waals surface area contributed by atoms with Crippen LogP contribution in [0.25, 0.3) is 0 Å². The Kier molecular flexibility index (Phi) is 3.56. The van der Waals surface area contributed by atoms with Gasteiger partial charge < -0.3 is 0 Å². The molecule has 2 heterocycles. The number of pyridine rings is 1. The highest BCUT2D eigenvalue weighted by Crippen LogP contribution is 2.16. The monoisotopic (exact) mass is 300 g/mol. The summed E-state index contributed by atoms with van der Waals surface area (Å²) in [5.74, 6) is 0. The van der Waals surface area contributed by atoms with E-state index < -0.39 is 0 Å². The number of rotatable bonds is 3. The number of halogens is 2. The smallest absolute Gasteiger partial charge is 0.100 e. The van der Waals surface area contributed by atoms with Crippen LogP contribution in [-0.4, -0.2) is 20.0 Å². The van der Waals surface area contributed by atoms with Crippen molar-refractivity contribution in [1.29, 1.82) is 0 Å². The van der Waals surface area contributed by atoms with E-state index in [9.17, 15) is 0 Å². The molecule has 2 rings (SSSR count). The SMILES string of the molecule is CC(Cl)c1cn(Cc2cncc(Br)c2)nn1. The van der Waals surface area contributed by atoms with Gasteiger partial charge in [-0.05, 0) is 34.5 Å². The molecule has 0 aromatic carbocycles. The van der Waals surface area contributed by atoms with Gasteiger partial charge in [-0.2, -0.15) is 0 Å². The van der Waals surface area contributed by atoms with Crippen LogP contribution in [0.2, 0.25) is 0 Å². The summed E-state index contributed by atoms with van der Waals surface area (Å²) in [6, 6.07) is 2.00. The first kappa shape index (κ1) is 11.5. The highest BCUT2D eigenvalue weighted by atomic mass is 79.9. The normalized spacial score (nSPS) is 12.7. The van der Waals surface area contributed by atoms with Gasteiger partial charge in [0.15, 0.2) is 0 Å². The molecule has 0 fully saturated rings. The molecule has 4 nitrogen and oxygen atoms in total. The fourth-order valence-electron chi connectivity index (χ4n) is 1.30. The Morgan fingerprint density at radius 1 is 1.50 bits per heavy atom. The summed E-state index contributed by atoms with van der Waals surface area (Å²) in [4.78, 5) is 4.09. The van der Waals surface area contributed by atoms with Crippen molar-refractivity contribution in [2.45, 2.75) is 18.8 Å². The molecule has 0 N–H and O–H groups in total. The standard InChI is InChI=1S/C10H10BrClN4/c1-7(12)10-6-16(15-14-10)5-8-2-9(11)4-13-3-8/h2-4,6-7H,5H2,1H3. The summed E-state index contributed by atoms with van der Waals surface area (Å²) < 4.78 is 2.70. The zero-order chi connectivity index (χ0) is 11.5. The van der Waals surface area contributed by atoms with Crippen LogP contribution in [0.3, 0.4) is 0 Å². The van der Waals surface area contributed by atoms with E-state index in [2.05, 4.69) is 31.2 Å². The van der Waals surface area contributed by atoms with E-state index in [4.69, 9.17) is 11.6 Å². The van der Waals surface area contributed by atoms with Crippen LogP contribution in [0.15, 0.2) is 29.1 Å². The van der Waals surface area contributed by atoms with Gasteiger partial charge >= 0.3 is 0 Å². The van der Waals surface area contributed by atoms with Crippen molar-refractivity contribution in [3.63, 3.8) is 0 Å². The second kappa shape index (κ2) is 4.93. The maximum Gasteiger partial charge on any atom is 0.100 e. The van der Waals surface area contributed by atoms with Crippen LogP contribution in [0.5, 0.6) is 0 Å². The van der Waals surface area contributed by atoms with Crippen molar-refractivity contribution >= 4 is 27.5 Å². The average molecular weight is 302 g/mol. The van der Waals surface area contributed by atoms with Crippen LogP contribution >= 0.6 is 27.5 Å². The Morgan fingerprint density at radius 2 is 2.31 bits per heavy atom. The predicted octanol–water partition coefficient (Wildman–Crippen LogP) is 2.78. The van der Waals surface area contributed by atoms with E-state index in [1.165, 1.54) is 0 Å². The molecule has 0 spiro atoms. The van der Waals surface area contributed by atoms with Crippen molar-refractivity contribution in [2.24, 2.45) is 0 Å². The lowest BCUT2D eigenvalue weighted by Crippen LogP contribution is -2.00. The summed E-state index contributed by atoms with van der Waals surface area (Å²) in [6.45, 7) is 2.51. The molecule has 0 saturated carbocycles. The highest BCUT2D eigenvalue weighted by molar-refractivity contribution is 9.10. The molecular weight excluding hydrogens is 291 g/mol. The topological polar surface area (TPSA) is 43.6 Å². The molecule has 84 valence electrons.